The van der Waals surface area contributed by atoms with Gasteiger partial charge in [-0.25, -0.2) is 0 Å². The number of Topliss-reactive ketones (excluding diaryl/α,β-unsaturated/α-hetero) is 1. The molecule has 1 aliphatic heterocycles. The first-order valence-electron chi connectivity index (χ1n) is 8.75. The van der Waals surface area contributed by atoms with Gasteiger partial charge in [0.1, 0.15) is 5.92 Å². The summed E-state index contributed by atoms with van der Waals surface area (Å²) < 4.78 is 40.7. The quantitative estimate of drug-likeness (QED) is 0.670. The molecule has 0 amide bonds. The lowest BCUT2D eigenvalue weighted by atomic mass is 9.70. The van der Waals surface area contributed by atoms with E-state index in [-0.39, 0.29) is 28.8 Å². The van der Waals surface area contributed by atoms with E-state index >= 15 is 0 Å². The summed E-state index contributed by atoms with van der Waals surface area (Å²) in [4.78, 5) is 12.3. The lowest BCUT2D eigenvalue weighted by molar-refractivity contribution is -0.147. The minimum Gasteiger partial charge on any atom is -0.342 e. The van der Waals surface area contributed by atoms with Crippen LogP contribution in [0.2, 0.25) is 0 Å². The number of H-pyrrole nitrogens is 1. The number of carbonyl (C=O) groups is 1. The summed E-state index contributed by atoms with van der Waals surface area (Å²) in [6, 6.07) is 12.0. The predicted octanol–water partition coefficient (Wildman–Crippen LogP) is 5.12. The standard InChI is InChI=1S/C14H16F3N3O.C6H6/c1-6-9-11(14(15,16)17)10-7(18-12(9)20-19-6)4-13(2,3)5-8(10)21;1-2-4-6-5-3-1/h11H,4-5H2,1-3H3,(H2,18,19,20);1-6H. The molecule has 2 heterocycles. The van der Waals surface area contributed by atoms with Crippen LogP contribution in [-0.2, 0) is 4.79 Å². The van der Waals surface area contributed by atoms with Gasteiger partial charge in [-0.1, -0.05) is 50.2 Å². The van der Waals surface area contributed by atoms with Gasteiger partial charge in [0.2, 0.25) is 0 Å². The zero-order chi connectivity index (χ0) is 19.8. The lowest BCUT2D eigenvalue weighted by Gasteiger charge is -2.38. The molecule has 0 bridgehead atoms. The zero-order valence-corrected chi connectivity index (χ0v) is 15.4. The van der Waals surface area contributed by atoms with E-state index < -0.39 is 17.9 Å². The van der Waals surface area contributed by atoms with Crippen LogP contribution in [0.3, 0.4) is 0 Å². The minimum atomic E-state index is -4.51. The number of carbonyl (C=O) groups excluding carboxylic acids is 1. The van der Waals surface area contributed by atoms with Crippen LogP contribution < -0.4 is 5.32 Å². The molecule has 4 rings (SSSR count). The van der Waals surface area contributed by atoms with Gasteiger partial charge in [0.15, 0.2) is 11.6 Å². The average Bonchev–Trinajstić information content (AvgIpc) is 2.94. The summed E-state index contributed by atoms with van der Waals surface area (Å²) in [7, 11) is 0. The van der Waals surface area contributed by atoms with Crippen molar-refractivity contribution in [3.8, 4) is 0 Å². The molecule has 1 aromatic heterocycles. The van der Waals surface area contributed by atoms with Crippen molar-refractivity contribution in [2.75, 3.05) is 5.32 Å². The maximum atomic E-state index is 13.6. The highest BCUT2D eigenvalue weighted by molar-refractivity contribution is 6.01. The SMILES string of the molecule is Cc1[nH]nc2c1C(C(F)(F)F)C1=C(CC(C)(C)CC1=O)N2.c1ccccc1. The number of rotatable bonds is 0. The number of hydrogen-bond donors (Lipinski definition) is 2. The molecular formula is C20H22F3N3O. The van der Waals surface area contributed by atoms with E-state index in [0.717, 1.165) is 0 Å². The number of aromatic amines is 1. The Morgan fingerprint density at radius 1 is 1.07 bits per heavy atom. The van der Waals surface area contributed by atoms with Crippen LogP contribution in [0, 0.1) is 12.3 Å². The fourth-order valence-electron chi connectivity index (χ4n) is 3.67. The molecule has 0 radical (unpaired) electrons. The largest absolute Gasteiger partial charge is 0.400 e. The van der Waals surface area contributed by atoms with Crippen molar-refractivity contribution in [2.24, 2.45) is 5.41 Å². The smallest absolute Gasteiger partial charge is 0.342 e. The van der Waals surface area contributed by atoms with E-state index in [2.05, 4.69) is 15.5 Å². The number of allylic oxidation sites excluding steroid dienone is 2. The van der Waals surface area contributed by atoms with Crippen LogP contribution in [0.1, 0.15) is 43.9 Å². The van der Waals surface area contributed by atoms with E-state index in [1.807, 2.05) is 50.2 Å². The number of alkyl halides is 3. The van der Waals surface area contributed by atoms with Crippen LogP contribution >= 0.6 is 0 Å². The maximum absolute atomic E-state index is 13.6. The fraction of sp³-hybridized carbons (Fsp3) is 0.400. The summed E-state index contributed by atoms with van der Waals surface area (Å²) in [5.74, 6) is -2.13. The second kappa shape index (κ2) is 6.87. The second-order valence-corrected chi connectivity index (χ2v) is 7.70. The molecule has 27 heavy (non-hydrogen) atoms. The molecule has 0 saturated carbocycles. The van der Waals surface area contributed by atoms with E-state index in [1.54, 1.807) is 0 Å². The van der Waals surface area contributed by atoms with Gasteiger partial charge in [-0.3, -0.25) is 9.89 Å². The molecule has 0 saturated heterocycles. The normalized spacial score (nSPS) is 20.8. The number of aryl methyl sites for hydroxylation is 1. The fourth-order valence-corrected chi connectivity index (χ4v) is 3.67. The third kappa shape index (κ3) is 3.91. The monoisotopic (exact) mass is 377 g/mol. The molecule has 1 aromatic carbocycles. The highest BCUT2D eigenvalue weighted by atomic mass is 19.4. The molecule has 1 atom stereocenters. The summed E-state index contributed by atoms with van der Waals surface area (Å²) in [6.07, 6.45) is -3.97. The summed E-state index contributed by atoms with van der Waals surface area (Å²) >= 11 is 0. The Morgan fingerprint density at radius 3 is 2.15 bits per heavy atom. The second-order valence-electron chi connectivity index (χ2n) is 7.70. The van der Waals surface area contributed by atoms with Crippen LogP contribution in [0.15, 0.2) is 47.7 Å². The van der Waals surface area contributed by atoms with Crippen molar-refractivity contribution in [1.82, 2.24) is 10.2 Å². The summed E-state index contributed by atoms with van der Waals surface area (Å²) in [5.41, 5.74) is 0.247. The third-order valence-corrected chi connectivity index (χ3v) is 4.76. The molecule has 144 valence electrons. The number of nitrogens with zero attached hydrogens (tertiary/aromatic N) is 1. The van der Waals surface area contributed by atoms with Crippen LogP contribution in [0.5, 0.6) is 0 Å². The Kier molecular flexibility index (Phi) is 4.88. The van der Waals surface area contributed by atoms with Gasteiger partial charge in [0, 0.05) is 28.9 Å². The summed E-state index contributed by atoms with van der Waals surface area (Å²) in [6.45, 7) is 5.30. The molecular weight excluding hydrogens is 355 g/mol. The van der Waals surface area contributed by atoms with E-state index in [4.69, 9.17) is 0 Å². The minimum absolute atomic E-state index is 0.0364. The Morgan fingerprint density at radius 2 is 1.63 bits per heavy atom. The number of nitrogens with one attached hydrogen (secondary N) is 2. The number of anilines is 1. The highest BCUT2D eigenvalue weighted by Gasteiger charge is 2.52. The molecule has 2 aromatic rings. The molecule has 2 N–H and O–H groups in total. The number of benzene rings is 1. The van der Waals surface area contributed by atoms with Gasteiger partial charge in [-0.2, -0.15) is 18.3 Å². The molecule has 1 aliphatic carbocycles. The number of aromatic nitrogens is 2. The van der Waals surface area contributed by atoms with Gasteiger partial charge < -0.3 is 5.32 Å². The van der Waals surface area contributed by atoms with Crippen molar-refractivity contribution in [3.63, 3.8) is 0 Å². The first-order valence-corrected chi connectivity index (χ1v) is 8.75. The number of fused-ring (bicyclic) bond motifs is 1. The Bertz CT molecular complexity index is 840. The van der Waals surface area contributed by atoms with E-state index in [1.165, 1.54) is 6.92 Å². The number of ketones is 1. The van der Waals surface area contributed by atoms with Crippen LogP contribution in [-0.4, -0.2) is 22.2 Å². The highest BCUT2D eigenvalue weighted by Crippen LogP contribution is 2.52. The maximum Gasteiger partial charge on any atom is 0.400 e. The van der Waals surface area contributed by atoms with Gasteiger partial charge in [-0.05, 0) is 18.8 Å². The van der Waals surface area contributed by atoms with E-state index in [0.29, 0.717) is 17.8 Å². The van der Waals surface area contributed by atoms with Gasteiger partial charge >= 0.3 is 6.18 Å². The van der Waals surface area contributed by atoms with Gasteiger partial charge in [0.05, 0.1) is 0 Å². The first kappa shape index (κ1) is 19.2. The predicted molar refractivity (Wildman–Crippen MR) is 97.2 cm³/mol. The van der Waals surface area contributed by atoms with E-state index in [9.17, 15) is 18.0 Å². The lowest BCUT2D eigenvalue weighted by Crippen LogP contribution is -2.38. The van der Waals surface area contributed by atoms with Crippen LogP contribution in [0.25, 0.3) is 0 Å². The molecule has 0 fully saturated rings. The Labute approximate surface area is 155 Å². The van der Waals surface area contributed by atoms with Crippen molar-refractivity contribution in [1.29, 1.82) is 0 Å². The van der Waals surface area contributed by atoms with Gasteiger partial charge in [-0.15, -0.1) is 0 Å². The van der Waals surface area contributed by atoms with Crippen molar-refractivity contribution >= 4 is 11.6 Å². The van der Waals surface area contributed by atoms with Crippen LogP contribution in [0.4, 0.5) is 19.0 Å². The van der Waals surface area contributed by atoms with Crippen molar-refractivity contribution < 1.29 is 18.0 Å². The van der Waals surface area contributed by atoms with Crippen molar-refractivity contribution in [2.45, 2.75) is 45.7 Å². The topological polar surface area (TPSA) is 57.8 Å². The van der Waals surface area contributed by atoms with Gasteiger partial charge in [0.25, 0.3) is 0 Å². The zero-order valence-electron chi connectivity index (χ0n) is 15.4. The molecule has 7 heteroatoms. The molecule has 0 spiro atoms. The molecule has 1 unspecified atom stereocenters. The Hall–Kier alpha value is -2.57. The molecule has 2 aliphatic rings. The third-order valence-electron chi connectivity index (χ3n) is 4.76. The summed E-state index contributed by atoms with van der Waals surface area (Å²) in [5, 5.41) is 9.40. The molecule has 4 nitrogen and oxygen atoms in total. The number of halogens is 3. The first-order chi connectivity index (χ1) is 12.6. The Balaban J connectivity index is 0.000000299. The number of hydrogen-bond acceptors (Lipinski definition) is 3. The van der Waals surface area contributed by atoms with Crippen molar-refractivity contribution in [3.05, 3.63) is 58.9 Å². The average molecular weight is 377 g/mol.